The molecule has 0 heterocycles. The lowest BCUT2D eigenvalue weighted by atomic mass is 10.2. The number of carbonyl (C=O) groups is 1. The van der Waals surface area contributed by atoms with E-state index in [0.717, 1.165) is 5.56 Å². The predicted octanol–water partition coefficient (Wildman–Crippen LogP) is 1.85. The van der Waals surface area contributed by atoms with E-state index >= 15 is 0 Å². The minimum atomic E-state index is -0.593. The van der Waals surface area contributed by atoms with Crippen LogP contribution in [0.3, 0.4) is 0 Å². The number of amides is 1. The molecule has 0 saturated carbocycles. The average molecular weight is 235 g/mol. The number of ether oxygens (including phenoxy) is 1. The van der Waals surface area contributed by atoms with Crippen molar-refractivity contribution >= 4 is 6.09 Å². The topological polar surface area (TPSA) is 58.6 Å². The number of hydrogen-bond donors (Lipinski definition) is 2. The summed E-state index contributed by atoms with van der Waals surface area (Å²) < 4.78 is 4.99. The van der Waals surface area contributed by atoms with E-state index in [1.165, 1.54) is 6.08 Å². The van der Waals surface area contributed by atoms with Crippen molar-refractivity contribution in [2.24, 2.45) is 0 Å². The Bertz CT molecular complexity index is 351. The molecule has 0 aliphatic rings. The van der Waals surface area contributed by atoms with Gasteiger partial charge in [0.15, 0.2) is 0 Å². The van der Waals surface area contributed by atoms with Crippen molar-refractivity contribution in [3.8, 4) is 0 Å². The van der Waals surface area contributed by atoms with Crippen LogP contribution in [0.2, 0.25) is 0 Å². The highest BCUT2D eigenvalue weighted by Gasteiger charge is 2.03. The van der Waals surface area contributed by atoms with Gasteiger partial charge in [-0.3, -0.25) is 0 Å². The second-order valence-electron chi connectivity index (χ2n) is 3.58. The number of nitrogens with one attached hydrogen (secondary N) is 1. The van der Waals surface area contributed by atoms with Crippen LogP contribution in [0, 0.1) is 0 Å². The Balaban J connectivity index is 2.15. The number of aliphatic hydroxyl groups excluding tert-OH is 1. The van der Waals surface area contributed by atoms with Gasteiger partial charge in [0.2, 0.25) is 0 Å². The van der Waals surface area contributed by atoms with E-state index in [1.807, 2.05) is 30.3 Å². The molecule has 0 saturated heterocycles. The third kappa shape index (κ3) is 5.73. The molecule has 1 rings (SSSR count). The summed E-state index contributed by atoms with van der Waals surface area (Å²) in [4.78, 5) is 11.2. The Labute approximate surface area is 101 Å². The van der Waals surface area contributed by atoms with Crippen molar-refractivity contribution < 1.29 is 14.6 Å². The standard InChI is InChI=1S/C13H17NO3/c1-2-12(15)8-9-14-13(16)17-10-11-6-4-3-5-7-11/h2-7,12,15H,1,8-10H2,(H,14,16). The Morgan fingerprint density at radius 3 is 2.82 bits per heavy atom. The Kier molecular flexibility index (Phi) is 5.82. The van der Waals surface area contributed by atoms with Crippen LogP contribution >= 0.6 is 0 Å². The third-order valence-electron chi connectivity index (χ3n) is 2.19. The summed E-state index contributed by atoms with van der Waals surface area (Å²) in [5, 5.41) is 11.7. The van der Waals surface area contributed by atoms with Gasteiger partial charge >= 0.3 is 6.09 Å². The summed E-state index contributed by atoms with van der Waals surface area (Å²) in [6.45, 7) is 4.05. The molecular weight excluding hydrogens is 218 g/mol. The predicted molar refractivity (Wildman–Crippen MR) is 65.5 cm³/mol. The van der Waals surface area contributed by atoms with Crippen molar-refractivity contribution in [1.29, 1.82) is 0 Å². The number of aliphatic hydroxyl groups is 1. The Morgan fingerprint density at radius 2 is 2.18 bits per heavy atom. The van der Waals surface area contributed by atoms with Gasteiger partial charge in [-0.05, 0) is 12.0 Å². The normalized spacial score (nSPS) is 11.6. The lowest BCUT2D eigenvalue weighted by Crippen LogP contribution is -2.27. The van der Waals surface area contributed by atoms with E-state index in [2.05, 4.69) is 11.9 Å². The average Bonchev–Trinajstić information content (AvgIpc) is 2.37. The van der Waals surface area contributed by atoms with Crippen molar-refractivity contribution in [3.05, 3.63) is 48.6 Å². The van der Waals surface area contributed by atoms with Gasteiger partial charge in [0, 0.05) is 6.54 Å². The summed E-state index contributed by atoms with van der Waals surface area (Å²) in [7, 11) is 0. The van der Waals surface area contributed by atoms with Crippen molar-refractivity contribution in [1.82, 2.24) is 5.32 Å². The van der Waals surface area contributed by atoms with Crippen LogP contribution in [0.4, 0.5) is 4.79 Å². The van der Waals surface area contributed by atoms with Crippen molar-refractivity contribution in [2.75, 3.05) is 6.54 Å². The van der Waals surface area contributed by atoms with E-state index in [9.17, 15) is 4.79 Å². The van der Waals surface area contributed by atoms with Crippen LogP contribution in [-0.2, 0) is 11.3 Å². The van der Waals surface area contributed by atoms with Crippen LogP contribution in [0.1, 0.15) is 12.0 Å². The molecule has 0 aliphatic heterocycles. The maximum Gasteiger partial charge on any atom is 0.407 e. The lowest BCUT2D eigenvalue weighted by Gasteiger charge is -2.08. The second kappa shape index (κ2) is 7.46. The molecule has 0 aromatic heterocycles. The van der Waals surface area contributed by atoms with E-state index in [1.54, 1.807) is 0 Å². The number of hydrogen-bond acceptors (Lipinski definition) is 3. The maximum atomic E-state index is 11.2. The second-order valence-corrected chi connectivity index (χ2v) is 3.58. The van der Waals surface area contributed by atoms with Crippen LogP contribution in [-0.4, -0.2) is 23.8 Å². The van der Waals surface area contributed by atoms with Crippen LogP contribution in [0.25, 0.3) is 0 Å². The number of benzene rings is 1. The van der Waals surface area contributed by atoms with Crippen LogP contribution in [0.15, 0.2) is 43.0 Å². The Hall–Kier alpha value is -1.81. The number of alkyl carbamates (subject to hydrolysis) is 1. The van der Waals surface area contributed by atoms with Gasteiger partial charge in [-0.2, -0.15) is 0 Å². The zero-order valence-electron chi connectivity index (χ0n) is 9.63. The molecule has 1 aromatic rings. The molecule has 1 atom stereocenters. The molecular formula is C13H17NO3. The molecule has 2 N–H and O–H groups in total. The summed E-state index contributed by atoms with van der Waals surface area (Å²) >= 11 is 0. The van der Waals surface area contributed by atoms with Gasteiger partial charge in [-0.1, -0.05) is 36.4 Å². The SMILES string of the molecule is C=CC(O)CCNC(=O)OCc1ccccc1. The van der Waals surface area contributed by atoms with Crippen molar-refractivity contribution in [3.63, 3.8) is 0 Å². The minimum Gasteiger partial charge on any atom is -0.445 e. The first-order valence-electron chi connectivity index (χ1n) is 5.47. The summed E-state index contributed by atoms with van der Waals surface area (Å²) in [6.07, 6.45) is 0.788. The van der Waals surface area contributed by atoms with Gasteiger partial charge in [-0.15, -0.1) is 6.58 Å². The zero-order valence-corrected chi connectivity index (χ0v) is 9.63. The molecule has 0 aliphatic carbocycles. The number of rotatable bonds is 6. The highest BCUT2D eigenvalue weighted by atomic mass is 16.5. The maximum absolute atomic E-state index is 11.2. The summed E-state index contributed by atoms with van der Waals surface area (Å²) in [5.41, 5.74) is 0.939. The van der Waals surface area contributed by atoms with Gasteiger partial charge in [0.1, 0.15) is 6.61 Å². The molecule has 1 amide bonds. The molecule has 4 heteroatoms. The molecule has 0 radical (unpaired) electrons. The molecule has 0 bridgehead atoms. The van der Waals surface area contributed by atoms with Crippen LogP contribution < -0.4 is 5.32 Å². The molecule has 17 heavy (non-hydrogen) atoms. The fraction of sp³-hybridized carbons (Fsp3) is 0.308. The highest BCUT2D eigenvalue weighted by molar-refractivity contribution is 5.67. The van der Waals surface area contributed by atoms with E-state index in [-0.39, 0.29) is 6.61 Å². The quantitative estimate of drug-likeness (QED) is 0.740. The monoisotopic (exact) mass is 235 g/mol. The fourth-order valence-electron chi connectivity index (χ4n) is 1.21. The van der Waals surface area contributed by atoms with E-state index in [0.29, 0.717) is 13.0 Å². The molecule has 0 fully saturated rings. The lowest BCUT2D eigenvalue weighted by molar-refractivity contribution is 0.137. The minimum absolute atomic E-state index is 0.247. The summed E-state index contributed by atoms with van der Waals surface area (Å²) in [6, 6.07) is 9.44. The largest absolute Gasteiger partial charge is 0.445 e. The zero-order chi connectivity index (χ0) is 12.5. The van der Waals surface area contributed by atoms with E-state index in [4.69, 9.17) is 9.84 Å². The first-order valence-corrected chi connectivity index (χ1v) is 5.47. The third-order valence-corrected chi connectivity index (χ3v) is 2.19. The summed E-state index contributed by atoms with van der Waals surface area (Å²) in [5.74, 6) is 0. The molecule has 92 valence electrons. The van der Waals surface area contributed by atoms with Gasteiger partial charge < -0.3 is 15.2 Å². The Morgan fingerprint density at radius 1 is 1.47 bits per heavy atom. The first-order chi connectivity index (χ1) is 8.22. The van der Waals surface area contributed by atoms with Gasteiger partial charge in [0.25, 0.3) is 0 Å². The van der Waals surface area contributed by atoms with E-state index < -0.39 is 12.2 Å². The molecule has 1 unspecified atom stereocenters. The first kappa shape index (κ1) is 13.3. The van der Waals surface area contributed by atoms with Crippen LogP contribution in [0.5, 0.6) is 0 Å². The highest BCUT2D eigenvalue weighted by Crippen LogP contribution is 2.00. The molecule has 1 aromatic carbocycles. The smallest absolute Gasteiger partial charge is 0.407 e. The fourth-order valence-corrected chi connectivity index (χ4v) is 1.21. The molecule has 4 nitrogen and oxygen atoms in total. The number of carbonyl (C=O) groups excluding carboxylic acids is 1. The van der Waals surface area contributed by atoms with Gasteiger partial charge in [-0.25, -0.2) is 4.79 Å². The van der Waals surface area contributed by atoms with Gasteiger partial charge in [0.05, 0.1) is 6.10 Å². The van der Waals surface area contributed by atoms with Crippen molar-refractivity contribution in [2.45, 2.75) is 19.1 Å². The molecule has 0 spiro atoms.